The van der Waals surface area contributed by atoms with Crippen molar-refractivity contribution in [2.75, 3.05) is 25.0 Å². The topological polar surface area (TPSA) is 15.3 Å². The Labute approximate surface area is 99.7 Å². The summed E-state index contributed by atoms with van der Waals surface area (Å²) in [4.78, 5) is 2.31. The van der Waals surface area contributed by atoms with E-state index < -0.39 is 0 Å². The SMILES string of the molecule is CCNC(C)CCN(C)c1ccc(C)cc1. The number of nitrogens with one attached hydrogen (secondary N) is 1. The fourth-order valence-corrected chi connectivity index (χ4v) is 1.77. The first-order valence-corrected chi connectivity index (χ1v) is 6.14. The smallest absolute Gasteiger partial charge is 0.0363 e. The van der Waals surface area contributed by atoms with Crippen molar-refractivity contribution in [1.82, 2.24) is 5.32 Å². The van der Waals surface area contributed by atoms with Crippen LogP contribution in [0.5, 0.6) is 0 Å². The van der Waals surface area contributed by atoms with E-state index in [0.29, 0.717) is 6.04 Å². The summed E-state index contributed by atoms with van der Waals surface area (Å²) in [5.41, 5.74) is 2.62. The number of nitrogens with zero attached hydrogens (tertiary/aromatic N) is 1. The molecule has 1 aromatic carbocycles. The van der Waals surface area contributed by atoms with Crippen LogP contribution >= 0.6 is 0 Å². The van der Waals surface area contributed by atoms with Gasteiger partial charge in [0.25, 0.3) is 0 Å². The Hall–Kier alpha value is -1.02. The monoisotopic (exact) mass is 220 g/mol. The summed E-state index contributed by atoms with van der Waals surface area (Å²) in [6.45, 7) is 8.66. The van der Waals surface area contributed by atoms with E-state index in [1.165, 1.54) is 17.7 Å². The highest BCUT2D eigenvalue weighted by Crippen LogP contribution is 2.13. The first-order chi connectivity index (χ1) is 7.63. The standard InChI is InChI=1S/C14H24N2/c1-5-15-13(3)10-11-16(4)14-8-6-12(2)7-9-14/h6-9,13,15H,5,10-11H2,1-4H3. The number of hydrogen-bond acceptors (Lipinski definition) is 2. The number of anilines is 1. The Balaban J connectivity index is 2.40. The van der Waals surface area contributed by atoms with Crippen LogP contribution in [0, 0.1) is 6.92 Å². The van der Waals surface area contributed by atoms with Gasteiger partial charge in [-0.05, 0) is 38.9 Å². The highest BCUT2D eigenvalue weighted by atomic mass is 15.1. The second-order valence-electron chi connectivity index (χ2n) is 4.50. The van der Waals surface area contributed by atoms with Gasteiger partial charge in [0.1, 0.15) is 0 Å². The Kier molecular flexibility index (Phi) is 5.33. The Morgan fingerprint density at radius 2 is 1.88 bits per heavy atom. The van der Waals surface area contributed by atoms with Crippen molar-refractivity contribution >= 4 is 5.69 Å². The molecule has 0 saturated carbocycles. The molecule has 1 unspecified atom stereocenters. The van der Waals surface area contributed by atoms with E-state index in [0.717, 1.165) is 13.1 Å². The molecule has 16 heavy (non-hydrogen) atoms. The average Bonchev–Trinajstić information content (AvgIpc) is 2.27. The van der Waals surface area contributed by atoms with Crippen LogP contribution in [0.15, 0.2) is 24.3 Å². The molecule has 1 rings (SSSR count). The summed E-state index contributed by atoms with van der Waals surface area (Å²) in [6, 6.07) is 9.30. The maximum absolute atomic E-state index is 3.43. The molecule has 0 aliphatic carbocycles. The summed E-state index contributed by atoms with van der Waals surface area (Å²) in [5, 5.41) is 3.43. The Morgan fingerprint density at radius 1 is 1.25 bits per heavy atom. The van der Waals surface area contributed by atoms with E-state index in [-0.39, 0.29) is 0 Å². The normalized spacial score (nSPS) is 12.5. The van der Waals surface area contributed by atoms with Crippen LogP contribution in [-0.2, 0) is 0 Å². The highest BCUT2D eigenvalue weighted by molar-refractivity contribution is 5.46. The summed E-state index contributed by atoms with van der Waals surface area (Å²) in [6.07, 6.45) is 1.18. The van der Waals surface area contributed by atoms with Crippen LogP contribution in [0.25, 0.3) is 0 Å². The third kappa shape index (κ3) is 4.23. The first kappa shape index (κ1) is 13.0. The van der Waals surface area contributed by atoms with Crippen molar-refractivity contribution in [3.05, 3.63) is 29.8 Å². The lowest BCUT2D eigenvalue weighted by atomic mass is 10.2. The molecule has 0 spiro atoms. The summed E-state index contributed by atoms with van der Waals surface area (Å²) >= 11 is 0. The predicted molar refractivity (Wildman–Crippen MR) is 72.2 cm³/mol. The maximum Gasteiger partial charge on any atom is 0.0363 e. The first-order valence-electron chi connectivity index (χ1n) is 6.14. The lowest BCUT2D eigenvalue weighted by Crippen LogP contribution is -2.30. The minimum absolute atomic E-state index is 0.595. The molecule has 0 saturated heterocycles. The summed E-state index contributed by atoms with van der Waals surface area (Å²) in [7, 11) is 2.16. The lowest BCUT2D eigenvalue weighted by molar-refractivity contribution is 0.531. The molecular formula is C14H24N2. The van der Waals surface area contributed by atoms with Gasteiger partial charge in [0, 0.05) is 25.3 Å². The summed E-state index contributed by atoms with van der Waals surface area (Å²) < 4.78 is 0. The minimum Gasteiger partial charge on any atom is -0.375 e. The molecule has 0 aliphatic heterocycles. The van der Waals surface area contributed by atoms with E-state index in [4.69, 9.17) is 0 Å². The molecule has 0 heterocycles. The van der Waals surface area contributed by atoms with Crippen LogP contribution in [0.2, 0.25) is 0 Å². The molecule has 2 heteroatoms. The molecule has 1 aromatic rings. The molecule has 0 bridgehead atoms. The van der Waals surface area contributed by atoms with Gasteiger partial charge < -0.3 is 10.2 Å². The average molecular weight is 220 g/mol. The zero-order chi connectivity index (χ0) is 12.0. The van der Waals surface area contributed by atoms with E-state index in [2.05, 4.69) is 62.3 Å². The zero-order valence-electron chi connectivity index (χ0n) is 11.0. The molecule has 1 N–H and O–H groups in total. The molecule has 2 nitrogen and oxygen atoms in total. The van der Waals surface area contributed by atoms with Gasteiger partial charge in [0.2, 0.25) is 0 Å². The van der Waals surface area contributed by atoms with Gasteiger partial charge in [-0.1, -0.05) is 24.6 Å². The van der Waals surface area contributed by atoms with Gasteiger partial charge in [-0.3, -0.25) is 0 Å². The summed E-state index contributed by atoms with van der Waals surface area (Å²) in [5.74, 6) is 0. The largest absolute Gasteiger partial charge is 0.375 e. The maximum atomic E-state index is 3.43. The quantitative estimate of drug-likeness (QED) is 0.793. The van der Waals surface area contributed by atoms with Gasteiger partial charge in [0.05, 0.1) is 0 Å². The number of hydrogen-bond donors (Lipinski definition) is 1. The van der Waals surface area contributed by atoms with Crippen LogP contribution in [0.1, 0.15) is 25.8 Å². The second kappa shape index (κ2) is 6.54. The molecule has 1 atom stereocenters. The third-order valence-corrected chi connectivity index (χ3v) is 2.92. The Morgan fingerprint density at radius 3 is 2.44 bits per heavy atom. The van der Waals surface area contributed by atoms with Crippen molar-refractivity contribution in [1.29, 1.82) is 0 Å². The van der Waals surface area contributed by atoms with E-state index in [1.54, 1.807) is 0 Å². The molecule has 0 fully saturated rings. The lowest BCUT2D eigenvalue weighted by Gasteiger charge is -2.22. The fraction of sp³-hybridized carbons (Fsp3) is 0.571. The molecule has 0 amide bonds. The van der Waals surface area contributed by atoms with Crippen LogP contribution in [-0.4, -0.2) is 26.2 Å². The van der Waals surface area contributed by atoms with E-state index in [1.807, 2.05) is 0 Å². The number of benzene rings is 1. The Bertz CT molecular complexity index is 292. The second-order valence-corrected chi connectivity index (χ2v) is 4.50. The predicted octanol–water partition coefficient (Wildman–Crippen LogP) is 2.82. The zero-order valence-corrected chi connectivity index (χ0v) is 11.0. The third-order valence-electron chi connectivity index (χ3n) is 2.92. The van der Waals surface area contributed by atoms with E-state index in [9.17, 15) is 0 Å². The fourth-order valence-electron chi connectivity index (χ4n) is 1.77. The molecule has 0 aliphatic rings. The molecule has 0 aromatic heterocycles. The van der Waals surface area contributed by atoms with Gasteiger partial charge >= 0.3 is 0 Å². The number of aryl methyl sites for hydroxylation is 1. The van der Waals surface area contributed by atoms with Crippen molar-refractivity contribution in [2.24, 2.45) is 0 Å². The minimum atomic E-state index is 0.595. The number of rotatable bonds is 6. The van der Waals surface area contributed by atoms with Crippen LogP contribution in [0.4, 0.5) is 5.69 Å². The van der Waals surface area contributed by atoms with Crippen molar-refractivity contribution in [3.8, 4) is 0 Å². The van der Waals surface area contributed by atoms with Crippen molar-refractivity contribution in [3.63, 3.8) is 0 Å². The molecule has 0 radical (unpaired) electrons. The van der Waals surface area contributed by atoms with Crippen LogP contribution < -0.4 is 10.2 Å². The van der Waals surface area contributed by atoms with Gasteiger partial charge in [-0.25, -0.2) is 0 Å². The van der Waals surface area contributed by atoms with Crippen molar-refractivity contribution < 1.29 is 0 Å². The van der Waals surface area contributed by atoms with E-state index >= 15 is 0 Å². The van der Waals surface area contributed by atoms with Gasteiger partial charge in [-0.2, -0.15) is 0 Å². The van der Waals surface area contributed by atoms with Crippen molar-refractivity contribution in [2.45, 2.75) is 33.2 Å². The van der Waals surface area contributed by atoms with Gasteiger partial charge in [-0.15, -0.1) is 0 Å². The van der Waals surface area contributed by atoms with Crippen LogP contribution in [0.3, 0.4) is 0 Å². The molecular weight excluding hydrogens is 196 g/mol. The molecule has 90 valence electrons. The highest BCUT2D eigenvalue weighted by Gasteiger charge is 2.03. The van der Waals surface area contributed by atoms with Gasteiger partial charge in [0.15, 0.2) is 0 Å².